The van der Waals surface area contributed by atoms with Crippen molar-refractivity contribution in [3.63, 3.8) is 0 Å². The number of rotatable bonds is 4. The fraction of sp³-hybridized carbons (Fsp3) is 0.762. The summed E-state index contributed by atoms with van der Waals surface area (Å²) in [6.45, 7) is 8.24. The summed E-state index contributed by atoms with van der Waals surface area (Å²) < 4.78 is 1.80. The van der Waals surface area contributed by atoms with Crippen molar-refractivity contribution in [2.75, 3.05) is 39.3 Å². The van der Waals surface area contributed by atoms with Gasteiger partial charge in [0.2, 0.25) is 5.91 Å². The second kappa shape index (κ2) is 8.64. The maximum absolute atomic E-state index is 12.8. The number of hydrogen-bond acceptors (Lipinski definition) is 4. The Morgan fingerprint density at radius 2 is 1.75 bits per heavy atom. The normalized spacial score (nSPS) is 24.7. The topological polar surface area (TPSA) is 61.7 Å². The van der Waals surface area contributed by atoms with Crippen LogP contribution in [0.5, 0.6) is 0 Å². The Bertz CT molecular complexity index is 689. The Kier molecular flexibility index (Phi) is 5.99. The number of aryl methyl sites for hydroxylation is 1. The first kappa shape index (κ1) is 19.4. The zero-order chi connectivity index (χ0) is 19.5. The Morgan fingerprint density at radius 3 is 2.43 bits per heavy atom. The van der Waals surface area contributed by atoms with Gasteiger partial charge in [-0.3, -0.25) is 19.2 Å². The second-order valence-corrected chi connectivity index (χ2v) is 8.45. The third-order valence-electron chi connectivity index (χ3n) is 6.67. The van der Waals surface area contributed by atoms with E-state index in [1.807, 2.05) is 24.1 Å². The summed E-state index contributed by atoms with van der Waals surface area (Å²) in [6.07, 6.45) is 8.30. The first-order valence-electron chi connectivity index (χ1n) is 11.0. The molecule has 0 bridgehead atoms. The van der Waals surface area contributed by atoms with Crippen molar-refractivity contribution in [2.24, 2.45) is 5.92 Å². The van der Waals surface area contributed by atoms with Crippen LogP contribution in [-0.2, 0) is 11.3 Å². The number of likely N-dealkylation sites (tertiary alicyclic amines) is 3. The SMILES string of the molecule is CCn1ccc(C(=O)N2CCC(N3CCC[C@H](C(=O)N4CCCC4)C3)CC2)n1. The lowest BCUT2D eigenvalue weighted by Crippen LogP contribution is -2.51. The summed E-state index contributed by atoms with van der Waals surface area (Å²) in [7, 11) is 0. The molecule has 28 heavy (non-hydrogen) atoms. The number of carbonyl (C=O) groups is 2. The second-order valence-electron chi connectivity index (χ2n) is 8.45. The Balaban J connectivity index is 1.29. The predicted octanol–water partition coefficient (Wildman–Crippen LogP) is 1.84. The van der Waals surface area contributed by atoms with Gasteiger partial charge in [-0.2, -0.15) is 5.10 Å². The van der Waals surface area contributed by atoms with Crippen molar-refractivity contribution in [3.05, 3.63) is 18.0 Å². The molecule has 0 radical (unpaired) electrons. The van der Waals surface area contributed by atoms with Gasteiger partial charge in [0.15, 0.2) is 0 Å². The molecule has 0 aliphatic carbocycles. The van der Waals surface area contributed by atoms with Crippen LogP contribution in [0.1, 0.15) is 55.9 Å². The standard InChI is InChI=1S/C21H33N5O2/c1-2-26-15-9-19(22-26)21(28)24-13-7-18(8-14-24)25-12-5-6-17(16-25)20(27)23-10-3-4-11-23/h9,15,17-18H,2-8,10-14,16H2,1H3/t17-/m0/s1. The van der Waals surface area contributed by atoms with Crippen LogP contribution in [0.15, 0.2) is 12.3 Å². The highest BCUT2D eigenvalue weighted by molar-refractivity contribution is 5.92. The maximum Gasteiger partial charge on any atom is 0.274 e. The molecule has 0 saturated carbocycles. The minimum absolute atomic E-state index is 0.0476. The molecule has 1 atom stereocenters. The number of hydrogen-bond donors (Lipinski definition) is 0. The molecule has 7 nitrogen and oxygen atoms in total. The molecule has 4 heterocycles. The molecule has 7 heteroatoms. The van der Waals surface area contributed by atoms with Gasteiger partial charge < -0.3 is 9.80 Å². The Labute approximate surface area is 167 Å². The Hall–Kier alpha value is -1.89. The highest BCUT2D eigenvalue weighted by Gasteiger charge is 2.35. The number of nitrogens with zero attached hydrogens (tertiary/aromatic N) is 5. The van der Waals surface area contributed by atoms with Crippen LogP contribution >= 0.6 is 0 Å². The smallest absolute Gasteiger partial charge is 0.274 e. The van der Waals surface area contributed by atoms with Crippen LogP contribution in [0.3, 0.4) is 0 Å². The molecule has 3 fully saturated rings. The average molecular weight is 388 g/mol. The summed E-state index contributed by atoms with van der Waals surface area (Å²) in [6, 6.07) is 2.31. The number of piperidine rings is 2. The quantitative estimate of drug-likeness (QED) is 0.791. The van der Waals surface area contributed by atoms with Crippen LogP contribution < -0.4 is 0 Å². The highest BCUT2D eigenvalue weighted by atomic mass is 16.2. The van der Waals surface area contributed by atoms with Crippen LogP contribution in [0.4, 0.5) is 0 Å². The number of amides is 2. The summed E-state index contributed by atoms with van der Waals surface area (Å²) >= 11 is 0. The van der Waals surface area contributed by atoms with Crippen molar-refractivity contribution >= 4 is 11.8 Å². The van der Waals surface area contributed by atoms with Crippen molar-refractivity contribution in [1.82, 2.24) is 24.5 Å². The fourth-order valence-electron chi connectivity index (χ4n) is 4.98. The zero-order valence-corrected chi connectivity index (χ0v) is 17.1. The first-order chi connectivity index (χ1) is 13.7. The summed E-state index contributed by atoms with van der Waals surface area (Å²) in [5.74, 6) is 0.595. The van der Waals surface area contributed by atoms with Gasteiger partial charge in [-0.15, -0.1) is 0 Å². The van der Waals surface area contributed by atoms with Gasteiger partial charge in [-0.25, -0.2) is 0 Å². The van der Waals surface area contributed by atoms with E-state index in [0.29, 0.717) is 17.6 Å². The fourth-order valence-corrected chi connectivity index (χ4v) is 4.98. The van der Waals surface area contributed by atoms with Gasteiger partial charge in [-0.05, 0) is 58.1 Å². The van der Waals surface area contributed by atoms with E-state index in [1.54, 1.807) is 4.68 Å². The van der Waals surface area contributed by atoms with Gasteiger partial charge in [0.1, 0.15) is 5.69 Å². The molecule has 154 valence electrons. The third kappa shape index (κ3) is 4.09. The van der Waals surface area contributed by atoms with Crippen LogP contribution in [0, 0.1) is 5.92 Å². The highest BCUT2D eigenvalue weighted by Crippen LogP contribution is 2.26. The molecule has 0 spiro atoms. The van der Waals surface area contributed by atoms with E-state index in [2.05, 4.69) is 14.9 Å². The van der Waals surface area contributed by atoms with Crippen LogP contribution in [-0.4, -0.2) is 81.6 Å². The predicted molar refractivity (Wildman–Crippen MR) is 107 cm³/mol. The van der Waals surface area contributed by atoms with Gasteiger partial charge in [0.05, 0.1) is 5.92 Å². The summed E-state index contributed by atoms with van der Waals surface area (Å²) in [4.78, 5) is 32.0. The third-order valence-corrected chi connectivity index (χ3v) is 6.67. The summed E-state index contributed by atoms with van der Waals surface area (Å²) in [5, 5.41) is 4.35. The molecule has 0 unspecified atom stereocenters. The van der Waals surface area contributed by atoms with Crippen molar-refractivity contribution < 1.29 is 9.59 Å². The van der Waals surface area contributed by atoms with E-state index in [4.69, 9.17) is 0 Å². The van der Waals surface area contributed by atoms with Gasteiger partial charge in [0, 0.05) is 51.5 Å². The molecular formula is C21H33N5O2. The lowest BCUT2D eigenvalue weighted by Gasteiger charge is -2.42. The molecular weight excluding hydrogens is 354 g/mol. The largest absolute Gasteiger partial charge is 0.342 e. The average Bonchev–Trinajstić information content (AvgIpc) is 3.45. The lowest BCUT2D eigenvalue weighted by atomic mass is 9.93. The molecule has 2 amide bonds. The van der Waals surface area contributed by atoms with Gasteiger partial charge >= 0.3 is 0 Å². The number of carbonyl (C=O) groups excluding carboxylic acids is 2. The van der Waals surface area contributed by atoms with Crippen molar-refractivity contribution in [3.8, 4) is 0 Å². The van der Waals surface area contributed by atoms with E-state index in [0.717, 1.165) is 84.3 Å². The van der Waals surface area contributed by atoms with Gasteiger partial charge in [0.25, 0.3) is 5.91 Å². The molecule has 1 aromatic rings. The van der Waals surface area contributed by atoms with E-state index < -0.39 is 0 Å². The number of aromatic nitrogens is 2. The Morgan fingerprint density at radius 1 is 1.00 bits per heavy atom. The molecule has 3 aliphatic heterocycles. The van der Waals surface area contributed by atoms with E-state index in [1.165, 1.54) is 0 Å². The van der Waals surface area contributed by atoms with E-state index >= 15 is 0 Å². The van der Waals surface area contributed by atoms with Crippen molar-refractivity contribution in [2.45, 2.75) is 58.0 Å². The minimum atomic E-state index is 0.0476. The summed E-state index contributed by atoms with van der Waals surface area (Å²) in [5.41, 5.74) is 0.551. The first-order valence-corrected chi connectivity index (χ1v) is 11.0. The molecule has 0 aromatic carbocycles. The minimum Gasteiger partial charge on any atom is -0.342 e. The molecule has 3 aliphatic rings. The molecule has 1 aromatic heterocycles. The molecule has 0 N–H and O–H groups in total. The molecule has 4 rings (SSSR count). The van der Waals surface area contributed by atoms with Crippen molar-refractivity contribution in [1.29, 1.82) is 0 Å². The van der Waals surface area contributed by atoms with Gasteiger partial charge in [-0.1, -0.05) is 0 Å². The van der Waals surface area contributed by atoms with Crippen LogP contribution in [0.25, 0.3) is 0 Å². The molecule has 3 saturated heterocycles. The van der Waals surface area contributed by atoms with Crippen LogP contribution in [0.2, 0.25) is 0 Å². The lowest BCUT2D eigenvalue weighted by molar-refractivity contribution is -0.136. The van der Waals surface area contributed by atoms with E-state index in [9.17, 15) is 9.59 Å². The monoisotopic (exact) mass is 387 g/mol. The zero-order valence-electron chi connectivity index (χ0n) is 17.1. The van der Waals surface area contributed by atoms with E-state index in [-0.39, 0.29) is 11.8 Å². The maximum atomic E-state index is 12.8.